The molecule has 0 fully saturated rings. The van der Waals surface area contributed by atoms with Crippen molar-refractivity contribution >= 4 is 35.0 Å². The number of carbonyl (C=O) groups excluding carboxylic acids is 2. The number of carbonyl (C=O) groups is 2. The molecule has 2 amide bonds. The Morgan fingerprint density at radius 3 is 2.42 bits per heavy atom. The Hall–Kier alpha value is -2.24. The average molecular weight is 465 g/mol. The van der Waals surface area contributed by atoms with Crippen LogP contribution in [0.2, 0.25) is 10.0 Å². The first-order valence-electron chi connectivity index (χ1n) is 10.4. The van der Waals surface area contributed by atoms with Crippen molar-refractivity contribution in [2.45, 2.75) is 46.7 Å². The van der Waals surface area contributed by atoms with Gasteiger partial charge in [-0.3, -0.25) is 9.59 Å². The van der Waals surface area contributed by atoms with E-state index in [1.165, 1.54) is 0 Å². The summed E-state index contributed by atoms with van der Waals surface area (Å²) in [5.74, 6) is 0.383. The van der Waals surface area contributed by atoms with Gasteiger partial charge in [0.15, 0.2) is 6.61 Å². The standard InChI is InChI=1S/C24H30Cl2N2O3/c1-5-22(24(30)27-13-16(2)3)28(14-18-8-6-7-9-21(18)26)23(29)15-31-19-10-11-20(25)17(4)12-19/h6-12,16,22H,5,13-15H2,1-4H3,(H,27,30)/t22-/m1/s1. The summed E-state index contributed by atoms with van der Waals surface area (Å²) in [6.07, 6.45) is 0.472. The molecule has 0 aliphatic heterocycles. The third-order valence-electron chi connectivity index (χ3n) is 4.86. The maximum Gasteiger partial charge on any atom is 0.261 e. The molecule has 2 rings (SSSR count). The van der Waals surface area contributed by atoms with Gasteiger partial charge in [0.25, 0.3) is 5.91 Å². The molecule has 1 atom stereocenters. The SMILES string of the molecule is CC[C@H](C(=O)NCC(C)C)N(Cc1ccccc1Cl)C(=O)COc1ccc(Cl)c(C)c1. The molecule has 2 aromatic carbocycles. The first kappa shape index (κ1) is 25.0. The molecule has 7 heteroatoms. The van der Waals surface area contributed by atoms with Gasteiger partial charge in [-0.1, -0.05) is 62.2 Å². The van der Waals surface area contributed by atoms with E-state index in [1.807, 2.05) is 45.9 Å². The topological polar surface area (TPSA) is 58.6 Å². The van der Waals surface area contributed by atoms with Crippen molar-refractivity contribution in [2.75, 3.05) is 13.2 Å². The van der Waals surface area contributed by atoms with Gasteiger partial charge in [-0.25, -0.2) is 0 Å². The molecular formula is C24H30Cl2N2O3. The van der Waals surface area contributed by atoms with Gasteiger partial charge >= 0.3 is 0 Å². The molecule has 0 saturated heterocycles. The van der Waals surface area contributed by atoms with E-state index in [0.29, 0.717) is 34.7 Å². The van der Waals surface area contributed by atoms with Gasteiger partial charge in [0.1, 0.15) is 11.8 Å². The van der Waals surface area contributed by atoms with Crippen LogP contribution in [-0.4, -0.2) is 35.9 Å². The second kappa shape index (κ2) is 12.0. The minimum Gasteiger partial charge on any atom is -0.484 e. The van der Waals surface area contributed by atoms with Crippen molar-refractivity contribution in [3.8, 4) is 5.75 Å². The Balaban J connectivity index is 2.22. The quantitative estimate of drug-likeness (QED) is 0.521. The Kier molecular flexibility index (Phi) is 9.66. The highest BCUT2D eigenvalue weighted by Gasteiger charge is 2.29. The van der Waals surface area contributed by atoms with E-state index < -0.39 is 6.04 Å². The van der Waals surface area contributed by atoms with Crippen LogP contribution in [-0.2, 0) is 16.1 Å². The van der Waals surface area contributed by atoms with Gasteiger partial charge in [-0.05, 0) is 54.7 Å². The fourth-order valence-electron chi connectivity index (χ4n) is 3.09. The molecule has 168 valence electrons. The average Bonchev–Trinajstić information content (AvgIpc) is 2.74. The van der Waals surface area contributed by atoms with Crippen LogP contribution in [0, 0.1) is 12.8 Å². The molecule has 0 bridgehead atoms. The molecule has 0 radical (unpaired) electrons. The number of aryl methyl sites for hydroxylation is 1. The number of hydrogen-bond donors (Lipinski definition) is 1. The van der Waals surface area contributed by atoms with E-state index in [-0.39, 0.29) is 25.0 Å². The summed E-state index contributed by atoms with van der Waals surface area (Å²) in [5.41, 5.74) is 1.63. The van der Waals surface area contributed by atoms with Gasteiger partial charge in [-0.15, -0.1) is 0 Å². The first-order chi connectivity index (χ1) is 14.7. The second-order valence-electron chi connectivity index (χ2n) is 7.88. The van der Waals surface area contributed by atoms with Crippen LogP contribution >= 0.6 is 23.2 Å². The fraction of sp³-hybridized carbons (Fsp3) is 0.417. The molecule has 0 heterocycles. The number of nitrogens with one attached hydrogen (secondary N) is 1. The molecule has 0 aliphatic carbocycles. The molecular weight excluding hydrogens is 435 g/mol. The van der Waals surface area contributed by atoms with E-state index in [9.17, 15) is 9.59 Å². The lowest BCUT2D eigenvalue weighted by Gasteiger charge is -2.31. The third kappa shape index (κ3) is 7.44. The monoisotopic (exact) mass is 464 g/mol. The Morgan fingerprint density at radius 2 is 1.81 bits per heavy atom. The molecule has 0 aliphatic rings. The summed E-state index contributed by atoms with van der Waals surface area (Å²) in [5, 5.41) is 4.11. The highest BCUT2D eigenvalue weighted by atomic mass is 35.5. The molecule has 5 nitrogen and oxygen atoms in total. The number of benzene rings is 2. The lowest BCUT2D eigenvalue weighted by atomic mass is 10.1. The normalized spacial score (nSPS) is 11.8. The highest BCUT2D eigenvalue weighted by molar-refractivity contribution is 6.31. The first-order valence-corrected chi connectivity index (χ1v) is 11.2. The van der Waals surface area contributed by atoms with Crippen LogP contribution in [0.1, 0.15) is 38.3 Å². The van der Waals surface area contributed by atoms with Crippen LogP contribution in [0.3, 0.4) is 0 Å². The van der Waals surface area contributed by atoms with Crippen LogP contribution in [0.15, 0.2) is 42.5 Å². The van der Waals surface area contributed by atoms with Crippen molar-refractivity contribution in [1.82, 2.24) is 10.2 Å². The maximum absolute atomic E-state index is 13.2. The smallest absolute Gasteiger partial charge is 0.261 e. The molecule has 0 aromatic heterocycles. The van der Waals surface area contributed by atoms with E-state index >= 15 is 0 Å². The molecule has 0 unspecified atom stereocenters. The van der Waals surface area contributed by atoms with Crippen molar-refractivity contribution in [3.05, 3.63) is 63.6 Å². The summed E-state index contributed by atoms with van der Waals surface area (Å²) in [4.78, 5) is 27.6. The zero-order valence-corrected chi connectivity index (χ0v) is 20.0. The number of amides is 2. The van der Waals surface area contributed by atoms with E-state index in [4.69, 9.17) is 27.9 Å². The second-order valence-corrected chi connectivity index (χ2v) is 8.69. The predicted molar refractivity (Wildman–Crippen MR) is 126 cm³/mol. The number of nitrogens with zero attached hydrogens (tertiary/aromatic N) is 1. The Bertz CT molecular complexity index is 902. The minimum absolute atomic E-state index is 0.182. The van der Waals surface area contributed by atoms with Gasteiger partial charge in [0.05, 0.1) is 0 Å². The van der Waals surface area contributed by atoms with E-state index in [0.717, 1.165) is 11.1 Å². The van der Waals surface area contributed by atoms with Crippen LogP contribution in [0.4, 0.5) is 0 Å². The van der Waals surface area contributed by atoms with Crippen LogP contribution in [0.5, 0.6) is 5.75 Å². The summed E-state index contributed by atoms with van der Waals surface area (Å²) < 4.78 is 5.71. The van der Waals surface area contributed by atoms with Crippen LogP contribution in [0.25, 0.3) is 0 Å². The highest BCUT2D eigenvalue weighted by Crippen LogP contribution is 2.22. The molecule has 0 saturated carbocycles. The van der Waals surface area contributed by atoms with E-state index in [1.54, 1.807) is 29.2 Å². The summed E-state index contributed by atoms with van der Waals surface area (Å²) in [6, 6.07) is 11.9. The largest absolute Gasteiger partial charge is 0.484 e. The lowest BCUT2D eigenvalue weighted by molar-refractivity contribution is -0.143. The molecule has 0 spiro atoms. The summed E-state index contributed by atoms with van der Waals surface area (Å²) in [7, 11) is 0. The van der Waals surface area contributed by atoms with E-state index in [2.05, 4.69) is 5.32 Å². The summed E-state index contributed by atoms with van der Waals surface area (Å²) in [6.45, 7) is 8.37. The van der Waals surface area contributed by atoms with Crippen molar-refractivity contribution < 1.29 is 14.3 Å². The minimum atomic E-state index is -0.627. The number of halogens is 2. The van der Waals surface area contributed by atoms with Crippen molar-refractivity contribution in [3.63, 3.8) is 0 Å². The predicted octanol–water partition coefficient (Wildman–Crippen LogP) is 5.26. The third-order valence-corrected chi connectivity index (χ3v) is 5.65. The lowest BCUT2D eigenvalue weighted by Crippen LogP contribution is -2.50. The van der Waals surface area contributed by atoms with Gasteiger partial charge < -0.3 is 15.0 Å². The van der Waals surface area contributed by atoms with Crippen molar-refractivity contribution in [1.29, 1.82) is 0 Å². The zero-order valence-electron chi connectivity index (χ0n) is 18.5. The van der Waals surface area contributed by atoms with Gasteiger partial charge in [-0.2, -0.15) is 0 Å². The van der Waals surface area contributed by atoms with Crippen molar-refractivity contribution in [2.24, 2.45) is 5.92 Å². The van der Waals surface area contributed by atoms with Crippen LogP contribution < -0.4 is 10.1 Å². The molecule has 2 aromatic rings. The Labute approximate surface area is 194 Å². The number of rotatable bonds is 10. The summed E-state index contributed by atoms with van der Waals surface area (Å²) >= 11 is 12.4. The number of ether oxygens (including phenoxy) is 1. The fourth-order valence-corrected chi connectivity index (χ4v) is 3.40. The zero-order chi connectivity index (χ0) is 23.0. The Morgan fingerprint density at radius 1 is 1.10 bits per heavy atom. The number of hydrogen-bond acceptors (Lipinski definition) is 3. The van der Waals surface area contributed by atoms with Gasteiger partial charge in [0.2, 0.25) is 5.91 Å². The maximum atomic E-state index is 13.2. The van der Waals surface area contributed by atoms with Gasteiger partial charge in [0, 0.05) is 23.1 Å². The molecule has 31 heavy (non-hydrogen) atoms. The molecule has 1 N–H and O–H groups in total.